The molecule has 28 heavy (non-hydrogen) atoms. The summed E-state index contributed by atoms with van der Waals surface area (Å²) in [4.78, 5) is 0. The van der Waals surface area contributed by atoms with Crippen LogP contribution in [-0.4, -0.2) is 0 Å². The topological polar surface area (TPSA) is 3.88 Å². The van der Waals surface area contributed by atoms with Gasteiger partial charge in [0.05, 0.1) is 10.8 Å². The maximum absolute atomic E-state index is 2.39. The Hall–Kier alpha value is -3.71. The highest BCUT2D eigenvalue weighted by atomic mass is 15.0. The molecule has 0 saturated carbocycles. The summed E-state index contributed by atoms with van der Waals surface area (Å²) < 4.78 is 2.39. The van der Waals surface area contributed by atoms with Gasteiger partial charge in [-0.3, -0.25) is 0 Å². The monoisotopic (exact) mass is 356 g/mol. The van der Waals surface area contributed by atoms with E-state index in [1.54, 1.807) is 0 Å². The molecular formula is C27H18N+. The Morgan fingerprint density at radius 1 is 0.393 bits per heavy atom. The van der Waals surface area contributed by atoms with E-state index >= 15 is 0 Å². The highest BCUT2D eigenvalue weighted by Gasteiger charge is 2.20. The van der Waals surface area contributed by atoms with Crippen LogP contribution < -0.4 is 4.57 Å². The van der Waals surface area contributed by atoms with Gasteiger partial charge in [-0.2, -0.15) is 4.57 Å². The molecule has 6 aromatic rings. The van der Waals surface area contributed by atoms with Crippen molar-refractivity contribution in [3.8, 4) is 5.69 Å². The minimum atomic E-state index is 1.18. The van der Waals surface area contributed by atoms with E-state index in [0.717, 1.165) is 0 Å². The van der Waals surface area contributed by atoms with E-state index < -0.39 is 0 Å². The zero-order valence-electron chi connectivity index (χ0n) is 15.3. The van der Waals surface area contributed by atoms with Gasteiger partial charge in [0.25, 0.3) is 0 Å². The molecule has 0 radical (unpaired) electrons. The third-order valence-corrected chi connectivity index (χ3v) is 5.68. The molecule has 6 rings (SSSR count). The van der Waals surface area contributed by atoms with Gasteiger partial charge in [0, 0.05) is 24.3 Å². The molecule has 0 saturated heterocycles. The lowest BCUT2D eigenvalue weighted by Crippen LogP contribution is -2.32. The standard InChI is InChI=1S/C27H18N/c1-2-10-21(11-3-1)28-26-16-14-19-8-4-6-12-22(19)24(26)18-25-23-13-7-5-9-20(23)15-17-27(25)28/h1-18H/q+1. The normalized spacial score (nSPS) is 11.6. The number of nitrogens with zero attached hydrogens (tertiary/aromatic N) is 1. The molecule has 0 N–H and O–H groups in total. The molecular weight excluding hydrogens is 338 g/mol. The summed E-state index contributed by atoms with van der Waals surface area (Å²) in [6.07, 6.45) is 0. The Labute approximate surface area is 163 Å². The largest absolute Gasteiger partial charge is 0.219 e. The van der Waals surface area contributed by atoms with E-state index in [9.17, 15) is 0 Å². The van der Waals surface area contributed by atoms with Crippen LogP contribution >= 0.6 is 0 Å². The lowest BCUT2D eigenvalue weighted by Gasteiger charge is -2.10. The van der Waals surface area contributed by atoms with Crippen molar-refractivity contribution >= 4 is 43.4 Å². The van der Waals surface area contributed by atoms with Crippen molar-refractivity contribution in [2.24, 2.45) is 0 Å². The maximum Gasteiger partial charge on any atom is 0.219 e. The van der Waals surface area contributed by atoms with E-state index in [1.165, 1.54) is 49.0 Å². The molecule has 0 aliphatic rings. The van der Waals surface area contributed by atoms with Crippen molar-refractivity contribution in [3.05, 3.63) is 109 Å². The van der Waals surface area contributed by atoms with Crippen molar-refractivity contribution in [3.63, 3.8) is 0 Å². The zero-order chi connectivity index (χ0) is 18.5. The number of benzene rings is 5. The van der Waals surface area contributed by atoms with Crippen molar-refractivity contribution in [1.82, 2.24) is 0 Å². The number of hydrogen-bond acceptors (Lipinski definition) is 0. The SMILES string of the molecule is c1ccc(-[n+]2c3ccc4ccccc4c3cc3c4ccccc4ccc32)cc1. The molecule has 0 bridgehead atoms. The zero-order valence-corrected chi connectivity index (χ0v) is 15.3. The third-order valence-electron chi connectivity index (χ3n) is 5.68. The first-order valence-corrected chi connectivity index (χ1v) is 9.63. The van der Waals surface area contributed by atoms with Gasteiger partial charge in [-0.05, 0) is 39.7 Å². The Bertz CT molecular complexity index is 1400. The smallest absolute Gasteiger partial charge is 0.153 e. The second kappa shape index (κ2) is 5.90. The summed E-state index contributed by atoms with van der Waals surface area (Å²) in [6, 6.07) is 39.3. The number of fused-ring (bicyclic) bond motifs is 6. The Kier molecular flexibility index (Phi) is 3.24. The van der Waals surface area contributed by atoms with E-state index in [0.29, 0.717) is 0 Å². The van der Waals surface area contributed by atoms with Crippen LogP contribution in [0.4, 0.5) is 0 Å². The fourth-order valence-electron chi connectivity index (χ4n) is 4.39. The van der Waals surface area contributed by atoms with Gasteiger partial charge in [-0.25, -0.2) is 0 Å². The highest BCUT2D eigenvalue weighted by Crippen LogP contribution is 2.31. The minimum absolute atomic E-state index is 1.18. The number of hydrogen-bond donors (Lipinski definition) is 0. The molecule has 1 nitrogen and oxygen atoms in total. The molecule has 1 aromatic heterocycles. The van der Waals surface area contributed by atoms with Crippen LogP contribution in [0.3, 0.4) is 0 Å². The third kappa shape index (κ3) is 2.17. The van der Waals surface area contributed by atoms with Gasteiger partial charge in [-0.1, -0.05) is 66.7 Å². The van der Waals surface area contributed by atoms with Gasteiger partial charge >= 0.3 is 0 Å². The van der Waals surface area contributed by atoms with Crippen molar-refractivity contribution in [1.29, 1.82) is 0 Å². The molecule has 0 aliphatic carbocycles. The van der Waals surface area contributed by atoms with Crippen molar-refractivity contribution in [2.75, 3.05) is 0 Å². The molecule has 5 aromatic carbocycles. The second-order valence-corrected chi connectivity index (χ2v) is 7.25. The quantitative estimate of drug-likeness (QED) is 0.178. The Balaban J connectivity index is 1.92. The fraction of sp³-hybridized carbons (Fsp3) is 0. The van der Waals surface area contributed by atoms with E-state index in [1.807, 2.05) is 0 Å². The van der Waals surface area contributed by atoms with Gasteiger partial charge in [0.2, 0.25) is 16.7 Å². The molecule has 0 spiro atoms. The van der Waals surface area contributed by atoms with Crippen LogP contribution in [-0.2, 0) is 0 Å². The molecule has 0 unspecified atom stereocenters. The lowest BCUT2D eigenvalue weighted by atomic mass is 9.99. The average molecular weight is 356 g/mol. The fourth-order valence-corrected chi connectivity index (χ4v) is 4.39. The number of aromatic nitrogens is 1. The summed E-state index contributed by atoms with van der Waals surface area (Å²) in [5.74, 6) is 0. The summed E-state index contributed by atoms with van der Waals surface area (Å²) in [6.45, 7) is 0. The van der Waals surface area contributed by atoms with E-state index in [4.69, 9.17) is 0 Å². The van der Waals surface area contributed by atoms with Crippen LogP contribution in [0.2, 0.25) is 0 Å². The molecule has 130 valence electrons. The minimum Gasteiger partial charge on any atom is -0.153 e. The summed E-state index contributed by atoms with van der Waals surface area (Å²) in [5, 5.41) is 7.69. The molecule has 1 heterocycles. The van der Waals surface area contributed by atoms with Crippen molar-refractivity contribution < 1.29 is 4.57 Å². The van der Waals surface area contributed by atoms with Crippen LogP contribution in [0.15, 0.2) is 109 Å². The first-order chi connectivity index (χ1) is 13.9. The van der Waals surface area contributed by atoms with E-state index in [-0.39, 0.29) is 0 Å². The Morgan fingerprint density at radius 3 is 1.46 bits per heavy atom. The first-order valence-electron chi connectivity index (χ1n) is 9.63. The van der Waals surface area contributed by atoms with Crippen LogP contribution in [0.25, 0.3) is 49.0 Å². The molecule has 0 amide bonds. The van der Waals surface area contributed by atoms with Gasteiger partial charge in [0.1, 0.15) is 0 Å². The second-order valence-electron chi connectivity index (χ2n) is 7.25. The predicted molar refractivity (Wildman–Crippen MR) is 118 cm³/mol. The number of pyridine rings is 1. The number of para-hydroxylation sites is 1. The maximum atomic E-state index is 2.39. The summed E-state index contributed by atoms with van der Waals surface area (Å²) in [7, 11) is 0. The molecule has 0 fully saturated rings. The van der Waals surface area contributed by atoms with E-state index in [2.05, 4.69) is 114 Å². The Morgan fingerprint density at radius 2 is 0.893 bits per heavy atom. The highest BCUT2D eigenvalue weighted by molar-refractivity contribution is 6.13. The number of rotatable bonds is 1. The molecule has 0 atom stereocenters. The van der Waals surface area contributed by atoms with Crippen molar-refractivity contribution in [2.45, 2.75) is 0 Å². The summed E-state index contributed by atoms with van der Waals surface area (Å²) >= 11 is 0. The van der Waals surface area contributed by atoms with Gasteiger partial charge < -0.3 is 0 Å². The lowest BCUT2D eigenvalue weighted by molar-refractivity contribution is -0.537. The van der Waals surface area contributed by atoms with Crippen LogP contribution in [0, 0.1) is 0 Å². The van der Waals surface area contributed by atoms with Crippen LogP contribution in [0.1, 0.15) is 0 Å². The average Bonchev–Trinajstić information content (AvgIpc) is 2.78. The van der Waals surface area contributed by atoms with Crippen LogP contribution in [0.5, 0.6) is 0 Å². The van der Waals surface area contributed by atoms with Gasteiger partial charge in [-0.15, -0.1) is 0 Å². The molecule has 0 aliphatic heterocycles. The molecule has 1 heteroatoms. The summed E-state index contributed by atoms with van der Waals surface area (Å²) in [5.41, 5.74) is 3.64. The van der Waals surface area contributed by atoms with Gasteiger partial charge in [0.15, 0.2) is 0 Å². The predicted octanol–water partition coefficient (Wildman–Crippen LogP) is 6.58. The first kappa shape index (κ1) is 15.4.